The SMILES string of the molecule is COc1ccc2c(c1)CN(C(=O)c1nc(C)c(C)c(N3CC[C@@H](N)C3)n1)CC2. The predicted molar refractivity (Wildman–Crippen MR) is 108 cm³/mol. The molecule has 1 saturated heterocycles. The Morgan fingerprint density at radius 3 is 2.75 bits per heavy atom. The highest BCUT2D eigenvalue weighted by atomic mass is 16.5. The lowest BCUT2D eigenvalue weighted by Gasteiger charge is -2.29. The Bertz CT molecular complexity index is 914. The minimum absolute atomic E-state index is 0.124. The number of fused-ring (bicyclic) bond motifs is 1. The molecule has 2 aliphatic heterocycles. The lowest BCUT2D eigenvalue weighted by Crippen LogP contribution is -2.37. The van der Waals surface area contributed by atoms with E-state index in [0.29, 0.717) is 13.1 Å². The molecule has 1 fully saturated rings. The highest BCUT2D eigenvalue weighted by Gasteiger charge is 2.28. The molecule has 2 aliphatic rings. The number of nitrogens with zero attached hydrogens (tertiary/aromatic N) is 4. The molecule has 4 rings (SSSR count). The number of rotatable bonds is 3. The van der Waals surface area contributed by atoms with Gasteiger partial charge in [0.05, 0.1) is 7.11 Å². The van der Waals surface area contributed by atoms with Crippen molar-refractivity contribution in [3.05, 3.63) is 46.4 Å². The summed E-state index contributed by atoms with van der Waals surface area (Å²) >= 11 is 0. The first-order chi connectivity index (χ1) is 13.5. The normalized spacial score (nSPS) is 18.9. The van der Waals surface area contributed by atoms with Crippen LogP contribution in [0.1, 0.15) is 39.4 Å². The molecule has 2 aromatic rings. The molecule has 0 radical (unpaired) electrons. The zero-order valence-electron chi connectivity index (χ0n) is 16.7. The van der Waals surface area contributed by atoms with Gasteiger partial charge in [-0.05, 0) is 49.9 Å². The molecular weight excluding hydrogens is 354 g/mol. The van der Waals surface area contributed by atoms with Gasteiger partial charge < -0.3 is 20.3 Å². The number of aryl methyl sites for hydroxylation is 1. The van der Waals surface area contributed by atoms with E-state index in [-0.39, 0.29) is 17.8 Å². The van der Waals surface area contributed by atoms with Gasteiger partial charge in [0.1, 0.15) is 11.6 Å². The molecule has 0 aliphatic carbocycles. The molecule has 1 aromatic heterocycles. The quantitative estimate of drug-likeness (QED) is 0.873. The minimum atomic E-state index is -0.124. The average molecular weight is 381 g/mol. The molecule has 7 nitrogen and oxygen atoms in total. The van der Waals surface area contributed by atoms with Crippen LogP contribution in [-0.4, -0.2) is 53.6 Å². The van der Waals surface area contributed by atoms with Crippen molar-refractivity contribution in [3.63, 3.8) is 0 Å². The number of ether oxygens (including phenoxy) is 1. The van der Waals surface area contributed by atoms with E-state index in [0.717, 1.165) is 54.3 Å². The zero-order valence-corrected chi connectivity index (χ0v) is 16.7. The third kappa shape index (κ3) is 3.42. The Morgan fingerprint density at radius 2 is 2.04 bits per heavy atom. The number of benzene rings is 1. The van der Waals surface area contributed by atoms with Crippen LogP contribution in [0, 0.1) is 13.8 Å². The fourth-order valence-corrected chi connectivity index (χ4v) is 3.97. The lowest BCUT2D eigenvalue weighted by atomic mass is 9.99. The molecule has 1 aromatic carbocycles. The summed E-state index contributed by atoms with van der Waals surface area (Å²) in [7, 11) is 1.65. The Balaban J connectivity index is 1.60. The van der Waals surface area contributed by atoms with Gasteiger partial charge in [0.25, 0.3) is 5.91 Å². The number of carbonyl (C=O) groups is 1. The van der Waals surface area contributed by atoms with Gasteiger partial charge in [-0.1, -0.05) is 6.07 Å². The summed E-state index contributed by atoms with van der Waals surface area (Å²) in [5.41, 5.74) is 10.3. The van der Waals surface area contributed by atoms with E-state index in [1.165, 1.54) is 5.56 Å². The number of methoxy groups -OCH3 is 1. The maximum Gasteiger partial charge on any atom is 0.292 e. The molecule has 1 amide bonds. The van der Waals surface area contributed by atoms with Crippen LogP contribution in [0.3, 0.4) is 0 Å². The van der Waals surface area contributed by atoms with Crippen molar-refractivity contribution >= 4 is 11.7 Å². The van der Waals surface area contributed by atoms with Gasteiger partial charge in [0.2, 0.25) is 5.82 Å². The molecule has 0 unspecified atom stereocenters. The van der Waals surface area contributed by atoms with E-state index in [2.05, 4.69) is 20.9 Å². The van der Waals surface area contributed by atoms with Crippen molar-refractivity contribution in [3.8, 4) is 5.75 Å². The van der Waals surface area contributed by atoms with Crippen molar-refractivity contribution in [1.29, 1.82) is 0 Å². The Kier molecular flexibility index (Phi) is 4.93. The number of anilines is 1. The van der Waals surface area contributed by atoms with Crippen LogP contribution in [-0.2, 0) is 13.0 Å². The van der Waals surface area contributed by atoms with Gasteiger partial charge in [0.15, 0.2) is 0 Å². The number of hydrogen-bond donors (Lipinski definition) is 1. The first-order valence-corrected chi connectivity index (χ1v) is 9.77. The van der Waals surface area contributed by atoms with E-state index in [9.17, 15) is 4.79 Å². The summed E-state index contributed by atoms with van der Waals surface area (Å²) < 4.78 is 5.33. The number of aromatic nitrogens is 2. The number of nitrogens with two attached hydrogens (primary N) is 1. The van der Waals surface area contributed by atoms with E-state index >= 15 is 0 Å². The van der Waals surface area contributed by atoms with Crippen LogP contribution in [0.25, 0.3) is 0 Å². The Morgan fingerprint density at radius 1 is 1.21 bits per heavy atom. The van der Waals surface area contributed by atoms with Crippen molar-refractivity contribution in [2.45, 2.75) is 39.3 Å². The molecule has 0 saturated carbocycles. The molecule has 3 heterocycles. The molecule has 28 heavy (non-hydrogen) atoms. The maximum absolute atomic E-state index is 13.2. The van der Waals surface area contributed by atoms with Crippen LogP contribution in [0.4, 0.5) is 5.82 Å². The van der Waals surface area contributed by atoms with Crippen LogP contribution in [0.2, 0.25) is 0 Å². The number of carbonyl (C=O) groups excluding carboxylic acids is 1. The van der Waals surface area contributed by atoms with Crippen LogP contribution in [0.15, 0.2) is 18.2 Å². The summed E-state index contributed by atoms with van der Waals surface area (Å²) in [5.74, 6) is 1.79. The fraction of sp³-hybridized carbons (Fsp3) is 0.476. The monoisotopic (exact) mass is 381 g/mol. The first-order valence-electron chi connectivity index (χ1n) is 9.77. The van der Waals surface area contributed by atoms with E-state index in [1.807, 2.05) is 30.9 Å². The molecule has 148 valence electrons. The van der Waals surface area contributed by atoms with Crippen LogP contribution < -0.4 is 15.4 Å². The molecule has 7 heteroatoms. The molecular formula is C21H27N5O2. The fourth-order valence-electron chi connectivity index (χ4n) is 3.97. The summed E-state index contributed by atoms with van der Waals surface area (Å²) in [6, 6.07) is 6.21. The van der Waals surface area contributed by atoms with Crippen LogP contribution >= 0.6 is 0 Å². The van der Waals surface area contributed by atoms with Gasteiger partial charge in [-0.15, -0.1) is 0 Å². The average Bonchev–Trinajstić information content (AvgIpc) is 3.14. The van der Waals surface area contributed by atoms with Crippen LogP contribution in [0.5, 0.6) is 5.75 Å². The van der Waals surface area contributed by atoms with Crippen molar-refractivity contribution in [1.82, 2.24) is 14.9 Å². The minimum Gasteiger partial charge on any atom is -0.497 e. The summed E-state index contributed by atoms with van der Waals surface area (Å²) in [5, 5.41) is 0. The Hall–Kier alpha value is -2.67. The standard InChI is InChI=1S/C21H27N5O2/c1-13-14(2)23-19(24-20(13)25-9-7-17(22)12-25)21(27)26-8-6-15-4-5-18(28-3)10-16(15)11-26/h4-5,10,17H,6-9,11-12,22H2,1-3H3/t17-/m1/s1. The molecule has 1 atom stereocenters. The third-order valence-electron chi connectivity index (χ3n) is 5.79. The number of hydrogen-bond acceptors (Lipinski definition) is 6. The Labute approximate surface area is 165 Å². The smallest absolute Gasteiger partial charge is 0.292 e. The van der Waals surface area contributed by atoms with E-state index < -0.39 is 0 Å². The zero-order chi connectivity index (χ0) is 19.8. The van der Waals surface area contributed by atoms with Gasteiger partial charge in [-0.3, -0.25) is 4.79 Å². The van der Waals surface area contributed by atoms with Gasteiger partial charge in [-0.25, -0.2) is 9.97 Å². The van der Waals surface area contributed by atoms with Gasteiger partial charge in [-0.2, -0.15) is 0 Å². The molecule has 2 N–H and O–H groups in total. The second-order valence-corrected chi connectivity index (χ2v) is 7.69. The van der Waals surface area contributed by atoms with Crippen molar-refractivity contribution in [2.75, 3.05) is 31.6 Å². The molecule has 0 bridgehead atoms. The summed E-state index contributed by atoms with van der Waals surface area (Å²) in [4.78, 5) is 26.3. The lowest BCUT2D eigenvalue weighted by molar-refractivity contribution is 0.0721. The summed E-state index contributed by atoms with van der Waals surface area (Å²) in [6.45, 7) is 6.78. The van der Waals surface area contributed by atoms with Gasteiger partial charge >= 0.3 is 0 Å². The van der Waals surface area contributed by atoms with Crippen molar-refractivity contribution < 1.29 is 9.53 Å². The second kappa shape index (κ2) is 7.39. The first kappa shape index (κ1) is 18.7. The third-order valence-corrected chi connectivity index (χ3v) is 5.79. The predicted octanol–water partition coefficient (Wildman–Crippen LogP) is 1.84. The second-order valence-electron chi connectivity index (χ2n) is 7.69. The van der Waals surface area contributed by atoms with E-state index in [1.54, 1.807) is 7.11 Å². The maximum atomic E-state index is 13.2. The number of amides is 1. The largest absolute Gasteiger partial charge is 0.497 e. The van der Waals surface area contributed by atoms with E-state index in [4.69, 9.17) is 10.5 Å². The highest BCUT2D eigenvalue weighted by molar-refractivity contribution is 5.91. The highest BCUT2D eigenvalue weighted by Crippen LogP contribution is 2.26. The van der Waals surface area contributed by atoms with Crippen molar-refractivity contribution in [2.24, 2.45) is 5.73 Å². The molecule has 0 spiro atoms. The van der Waals surface area contributed by atoms with Gasteiger partial charge in [0, 0.05) is 43.5 Å². The topological polar surface area (TPSA) is 84.6 Å². The summed E-state index contributed by atoms with van der Waals surface area (Å²) in [6.07, 6.45) is 1.76.